The van der Waals surface area contributed by atoms with Crippen molar-refractivity contribution < 1.29 is 0 Å². The Kier molecular flexibility index (Phi) is 3.30. The predicted molar refractivity (Wildman–Crippen MR) is 82.4 cm³/mol. The minimum atomic E-state index is 0.769. The van der Waals surface area contributed by atoms with E-state index in [4.69, 9.17) is 4.98 Å². The Hall–Kier alpha value is -2.48. The number of nitrogens with zero attached hydrogens (tertiary/aromatic N) is 2. The summed E-state index contributed by atoms with van der Waals surface area (Å²) < 4.78 is 0. The fourth-order valence-electron chi connectivity index (χ4n) is 2.44. The highest BCUT2D eigenvalue weighted by Gasteiger charge is 2.08. The average molecular weight is 260 g/mol. The maximum absolute atomic E-state index is 4.72. The lowest BCUT2D eigenvalue weighted by Crippen LogP contribution is -1.94. The minimum absolute atomic E-state index is 0.769. The van der Waals surface area contributed by atoms with Gasteiger partial charge in [-0.3, -0.25) is 0 Å². The summed E-state index contributed by atoms with van der Waals surface area (Å²) >= 11 is 0. The molecule has 1 heterocycles. The molecule has 0 bridgehead atoms. The Balaban J connectivity index is 2.13. The molecule has 0 aliphatic rings. The molecule has 0 spiro atoms. The minimum Gasteiger partial charge on any atom is -0.237 e. The molecular formula is C18H16N2. The van der Waals surface area contributed by atoms with Crippen LogP contribution in [-0.2, 0) is 0 Å². The van der Waals surface area contributed by atoms with Crippen molar-refractivity contribution in [1.29, 1.82) is 0 Å². The lowest BCUT2D eigenvalue weighted by molar-refractivity contribution is 1.17. The normalized spacial score (nSPS) is 10.5. The fourth-order valence-corrected chi connectivity index (χ4v) is 2.44. The maximum atomic E-state index is 4.72. The number of benzene rings is 2. The van der Waals surface area contributed by atoms with Gasteiger partial charge in [-0.05, 0) is 31.0 Å². The maximum Gasteiger partial charge on any atom is 0.159 e. The summed E-state index contributed by atoms with van der Waals surface area (Å²) in [6.07, 6.45) is 1.83. The van der Waals surface area contributed by atoms with Crippen molar-refractivity contribution in [2.45, 2.75) is 13.8 Å². The lowest BCUT2D eigenvalue weighted by Gasteiger charge is -2.10. The molecule has 0 aliphatic carbocycles. The van der Waals surface area contributed by atoms with Crippen LogP contribution < -0.4 is 0 Å². The molecular weight excluding hydrogens is 244 g/mol. The Morgan fingerprint density at radius 3 is 2.15 bits per heavy atom. The molecule has 20 heavy (non-hydrogen) atoms. The van der Waals surface area contributed by atoms with Crippen molar-refractivity contribution in [3.8, 4) is 22.6 Å². The van der Waals surface area contributed by atoms with E-state index in [0.29, 0.717) is 0 Å². The van der Waals surface area contributed by atoms with Gasteiger partial charge in [0.1, 0.15) is 0 Å². The summed E-state index contributed by atoms with van der Waals surface area (Å²) in [6.45, 7) is 4.24. The van der Waals surface area contributed by atoms with Gasteiger partial charge in [-0.2, -0.15) is 0 Å². The lowest BCUT2D eigenvalue weighted by atomic mass is 10.00. The first-order valence-corrected chi connectivity index (χ1v) is 6.71. The van der Waals surface area contributed by atoms with Crippen molar-refractivity contribution in [3.63, 3.8) is 0 Å². The van der Waals surface area contributed by atoms with Crippen molar-refractivity contribution in [2.24, 2.45) is 0 Å². The van der Waals surface area contributed by atoms with Crippen molar-refractivity contribution in [1.82, 2.24) is 9.97 Å². The van der Waals surface area contributed by atoms with Gasteiger partial charge in [0.15, 0.2) is 5.82 Å². The number of aryl methyl sites for hydroxylation is 2. The topological polar surface area (TPSA) is 25.8 Å². The zero-order valence-electron chi connectivity index (χ0n) is 11.7. The first kappa shape index (κ1) is 12.5. The van der Waals surface area contributed by atoms with Gasteiger partial charge in [-0.25, -0.2) is 9.97 Å². The third-order valence-electron chi connectivity index (χ3n) is 3.42. The van der Waals surface area contributed by atoms with Crippen LogP contribution >= 0.6 is 0 Å². The van der Waals surface area contributed by atoms with Crippen molar-refractivity contribution in [3.05, 3.63) is 71.9 Å². The van der Waals surface area contributed by atoms with Gasteiger partial charge in [-0.15, -0.1) is 0 Å². The van der Waals surface area contributed by atoms with Crippen molar-refractivity contribution in [2.75, 3.05) is 0 Å². The first-order valence-electron chi connectivity index (χ1n) is 6.71. The van der Waals surface area contributed by atoms with E-state index in [9.17, 15) is 0 Å². The molecule has 0 atom stereocenters. The molecule has 0 aliphatic heterocycles. The fraction of sp³-hybridized carbons (Fsp3) is 0.111. The van der Waals surface area contributed by atoms with E-state index in [1.54, 1.807) is 0 Å². The second-order valence-corrected chi connectivity index (χ2v) is 4.90. The van der Waals surface area contributed by atoms with Gasteiger partial charge in [-0.1, -0.05) is 48.5 Å². The van der Waals surface area contributed by atoms with Crippen LogP contribution in [-0.4, -0.2) is 9.97 Å². The Morgan fingerprint density at radius 2 is 1.45 bits per heavy atom. The molecule has 0 radical (unpaired) electrons. The van der Waals surface area contributed by atoms with E-state index in [0.717, 1.165) is 17.1 Å². The number of rotatable bonds is 2. The molecule has 2 nitrogen and oxygen atoms in total. The van der Waals surface area contributed by atoms with Gasteiger partial charge < -0.3 is 0 Å². The van der Waals surface area contributed by atoms with E-state index in [1.807, 2.05) is 42.6 Å². The summed E-state index contributed by atoms with van der Waals surface area (Å²) in [5, 5.41) is 0. The molecule has 1 aromatic heterocycles. The smallest absolute Gasteiger partial charge is 0.159 e. The molecule has 0 amide bonds. The molecule has 3 rings (SSSR count). The van der Waals surface area contributed by atoms with Crippen LogP contribution in [0.25, 0.3) is 22.6 Å². The van der Waals surface area contributed by atoms with Crippen LogP contribution in [0.2, 0.25) is 0 Å². The Labute approximate surface area is 119 Å². The zero-order chi connectivity index (χ0) is 13.9. The highest BCUT2D eigenvalue weighted by Crippen LogP contribution is 2.26. The molecule has 0 unspecified atom stereocenters. The zero-order valence-corrected chi connectivity index (χ0v) is 11.7. The summed E-state index contributed by atoms with van der Waals surface area (Å²) in [5.41, 5.74) is 5.70. The quantitative estimate of drug-likeness (QED) is 0.681. The molecule has 2 heteroatoms. The van der Waals surface area contributed by atoms with Crippen LogP contribution in [0.1, 0.15) is 11.1 Å². The third-order valence-corrected chi connectivity index (χ3v) is 3.42. The molecule has 98 valence electrons. The van der Waals surface area contributed by atoms with Crippen molar-refractivity contribution >= 4 is 0 Å². The largest absolute Gasteiger partial charge is 0.237 e. The number of hydrogen-bond acceptors (Lipinski definition) is 2. The Bertz CT molecular complexity index is 713. The van der Waals surface area contributed by atoms with Gasteiger partial charge in [0, 0.05) is 17.3 Å². The predicted octanol–water partition coefficient (Wildman–Crippen LogP) is 4.43. The van der Waals surface area contributed by atoms with E-state index < -0.39 is 0 Å². The van der Waals surface area contributed by atoms with Crippen LogP contribution in [0.5, 0.6) is 0 Å². The summed E-state index contributed by atoms with van der Waals surface area (Å²) in [7, 11) is 0. The highest BCUT2D eigenvalue weighted by atomic mass is 14.9. The van der Waals surface area contributed by atoms with Crippen LogP contribution in [0.15, 0.2) is 60.8 Å². The second-order valence-electron chi connectivity index (χ2n) is 4.90. The number of aromatic nitrogens is 2. The average Bonchev–Trinajstić information content (AvgIpc) is 2.48. The van der Waals surface area contributed by atoms with Gasteiger partial charge >= 0.3 is 0 Å². The Morgan fingerprint density at radius 1 is 0.750 bits per heavy atom. The molecule has 0 N–H and O–H groups in total. The van der Waals surface area contributed by atoms with E-state index in [1.165, 1.54) is 16.7 Å². The number of hydrogen-bond donors (Lipinski definition) is 0. The van der Waals surface area contributed by atoms with Crippen LogP contribution in [0.4, 0.5) is 0 Å². The standard InChI is InChI=1S/C18H16N2/c1-13-7-6-8-14(2)17(13)16-11-12-19-18(20-16)15-9-4-3-5-10-15/h3-12H,1-2H3. The van der Waals surface area contributed by atoms with Crippen LogP contribution in [0.3, 0.4) is 0 Å². The highest BCUT2D eigenvalue weighted by molar-refractivity contribution is 5.69. The van der Waals surface area contributed by atoms with Gasteiger partial charge in [0.05, 0.1) is 5.69 Å². The summed E-state index contributed by atoms with van der Waals surface area (Å²) in [6, 6.07) is 18.4. The summed E-state index contributed by atoms with van der Waals surface area (Å²) in [4.78, 5) is 9.11. The monoisotopic (exact) mass is 260 g/mol. The van der Waals surface area contributed by atoms with Gasteiger partial charge in [0.2, 0.25) is 0 Å². The van der Waals surface area contributed by atoms with E-state index in [2.05, 4.69) is 37.0 Å². The van der Waals surface area contributed by atoms with E-state index in [-0.39, 0.29) is 0 Å². The third kappa shape index (κ3) is 2.32. The van der Waals surface area contributed by atoms with Gasteiger partial charge in [0.25, 0.3) is 0 Å². The van der Waals surface area contributed by atoms with E-state index >= 15 is 0 Å². The molecule has 2 aromatic carbocycles. The SMILES string of the molecule is Cc1cccc(C)c1-c1ccnc(-c2ccccc2)n1. The second kappa shape index (κ2) is 5.25. The van der Waals surface area contributed by atoms with Crippen LogP contribution in [0, 0.1) is 13.8 Å². The molecule has 0 saturated carbocycles. The molecule has 0 saturated heterocycles. The summed E-state index contributed by atoms with van der Waals surface area (Å²) in [5.74, 6) is 0.769. The molecule has 0 fully saturated rings. The first-order chi connectivity index (χ1) is 9.75. The molecule has 3 aromatic rings.